The van der Waals surface area contributed by atoms with Gasteiger partial charge in [-0.25, -0.2) is 9.59 Å². The number of non-ortho nitro benzene ring substituents is 1. The van der Waals surface area contributed by atoms with Crippen LogP contribution in [0.25, 0.3) is 0 Å². The molecule has 0 spiro atoms. The first-order chi connectivity index (χ1) is 16.5. The highest BCUT2D eigenvalue weighted by Gasteiger charge is 2.38. The van der Waals surface area contributed by atoms with Crippen LogP contribution in [0, 0.1) is 10.1 Å². The van der Waals surface area contributed by atoms with Gasteiger partial charge in [0.1, 0.15) is 0 Å². The van der Waals surface area contributed by atoms with E-state index in [1.807, 2.05) is 0 Å². The lowest BCUT2D eigenvalue weighted by atomic mass is 9.80. The van der Waals surface area contributed by atoms with Gasteiger partial charge in [0, 0.05) is 23.5 Å². The van der Waals surface area contributed by atoms with Crippen LogP contribution in [0.15, 0.2) is 46.8 Å². The van der Waals surface area contributed by atoms with Crippen LogP contribution in [0.3, 0.4) is 0 Å². The Morgan fingerprint density at radius 3 is 2.20 bits per heavy atom. The number of esters is 2. The van der Waals surface area contributed by atoms with E-state index in [9.17, 15) is 28.1 Å². The topological polar surface area (TPSA) is 151 Å². The van der Waals surface area contributed by atoms with Gasteiger partial charge in [0.25, 0.3) is 15.8 Å². The number of hydrogen-bond acceptors (Lipinski definition) is 10. The number of unbranched alkanes of at least 4 members (excludes halogenated alkanes) is 3. The highest BCUT2D eigenvalue weighted by atomic mass is 32.2. The van der Waals surface area contributed by atoms with E-state index < -0.39 is 32.9 Å². The molecule has 0 aliphatic carbocycles. The molecule has 0 radical (unpaired) electrons. The molecule has 0 saturated heterocycles. The molecule has 1 aliphatic heterocycles. The number of carbonyl (C=O) groups is 2. The van der Waals surface area contributed by atoms with Crippen molar-refractivity contribution < 1.29 is 36.6 Å². The van der Waals surface area contributed by atoms with Crippen molar-refractivity contribution in [2.75, 3.05) is 26.6 Å². The van der Waals surface area contributed by atoms with E-state index in [0.717, 1.165) is 6.26 Å². The van der Waals surface area contributed by atoms with Crippen LogP contribution in [0.2, 0.25) is 0 Å². The molecule has 0 fully saturated rings. The number of allylic oxidation sites excluding steroid dienone is 2. The Morgan fingerprint density at radius 2 is 1.63 bits per heavy atom. The average Bonchev–Trinajstić information content (AvgIpc) is 2.79. The Bertz CT molecular complexity index is 1140. The quantitative estimate of drug-likeness (QED) is 0.146. The molecule has 2 rings (SSSR count). The minimum absolute atomic E-state index is 0.100. The van der Waals surface area contributed by atoms with Crippen LogP contribution in [0.1, 0.15) is 51.0 Å². The molecule has 1 aromatic rings. The predicted octanol–water partition coefficient (Wildman–Crippen LogP) is 3.08. The number of benzene rings is 1. The number of nitro groups is 1. The molecule has 35 heavy (non-hydrogen) atoms. The Kier molecular flexibility index (Phi) is 9.96. The lowest BCUT2D eigenvalue weighted by molar-refractivity contribution is -0.384. The second-order valence-electron chi connectivity index (χ2n) is 8.06. The monoisotopic (exact) mass is 510 g/mol. The van der Waals surface area contributed by atoms with Gasteiger partial charge in [-0.1, -0.05) is 18.6 Å². The molecular formula is C23H30N2O9S. The zero-order valence-corrected chi connectivity index (χ0v) is 21.0. The van der Waals surface area contributed by atoms with Crippen LogP contribution >= 0.6 is 0 Å². The first-order valence-electron chi connectivity index (χ1n) is 11.0. The number of ether oxygens (including phenoxy) is 2. The molecule has 0 aromatic heterocycles. The Hall–Kier alpha value is -3.25. The minimum atomic E-state index is -3.46. The number of nitro benzene ring substituents is 1. The van der Waals surface area contributed by atoms with E-state index >= 15 is 0 Å². The number of rotatable bonds is 12. The standard InChI is InChI=1S/C23H30N2O9S/c1-15-19(22(26)32-3)21(17-10-9-11-18(14-17)25(28)29)20(16(2)24-15)23(27)33-12-7-5-6-8-13-34-35(4,30)31/h9-11,14,21,24H,5-8,12-13H2,1-4H3. The second kappa shape index (κ2) is 12.5. The number of methoxy groups -OCH3 is 1. The Balaban J connectivity index is 2.16. The normalized spacial score (nSPS) is 16.1. The van der Waals surface area contributed by atoms with Crippen LogP contribution in [0.4, 0.5) is 5.69 Å². The molecule has 1 N–H and O–H groups in total. The van der Waals surface area contributed by atoms with Gasteiger partial charge < -0.3 is 14.8 Å². The molecule has 1 aliphatic rings. The van der Waals surface area contributed by atoms with Gasteiger partial charge in [-0.15, -0.1) is 0 Å². The molecule has 0 amide bonds. The third kappa shape index (κ3) is 7.89. The fourth-order valence-electron chi connectivity index (χ4n) is 3.81. The Labute approximate surface area is 204 Å². The van der Waals surface area contributed by atoms with E-state index in [1.165, 1.54) is 25.3 Å². The summed E-state index contributed by atoms with van der Waals surface area (Å²) in [7, 11) is -2.24. The van der Waals surface area contributed by atoms with Gasteiger partial charge in [-0.3, -0.25) is 14.3 Å². The number of carbonyl (C=O) groups excluding carboxylic acids is 2. The summed E-state index contributed by atoms with van der Waals surface area (Å²) in [4.78, 5) is 36.5. The molecule has 1 unspecified atom stereocenters. The fraction of sp³-hybridized carbons (Fsp3) is 0.478. The third-order valence-electron chi connectivity index (χ3n) is 5.37. The van der Waals surface area contributed by atoms with Crippen molar-refractivity contribution in [3.8, 4) is 0 Å². The summed E-state index contributed by atoms with van der Waals surface area (Å²) in [5.74, 6) is -2.23. The zero-order valence-electron chi connectivity index (χ0n) is 20.2. The fourth-order valence-corrected chi connectivity index (χ4v) is 4.23. The summed E-state index contributed by atoms with van der Waals surface area (Å²) < 4.78 is 37.0. The van der Waals surface area contributed by atoms with Gasteiger partial charge in [0.05, 0.1) is 48.6 Å². The van der Waals surface area contributed by atoms with Gasteiger partial charge in [-0.2, -0.15) is 8.42 Å². The summed E-state index contributed by atoms with van der Waals surface area (Å²) in [6, 6.07) is 5.75. The van der Waals surface area contributed by atoms with E-state index in [-0.39, 0.29) is 30.0 Å². The number of nitrogens with zero attached hydrogens (tertiary/aromatic N) is 1. The van der Waals surface area contributed by atoms with Gasteiger partial charge in [-0.05, 0) is 38.7 Å². The highest BCUT2D eigenvalue weighted by Crippen LogP contribution is 2.40. The molecule has 1 atom stereocenters. The molecule has 11 nitrogen and oxygen atoms in total. The number of nitrogens with one attached hydrogen (secondary N) is 1. The maximum absolute atomic E-state index is 13.1. The Morgan fingerprint density at radius 1 is 1.03 bits per heavy atom. The van der Waals surface area contributed by atoms with Gasteiger partial charge in [0.15, 0.2) is 0 Å². The zero-order chi connectivity index (χ0) is 26.2. The highest BCUT2D eigenvalue weighted by molar-refractivity contribution is 7.85. The molecule has 0 saturated carbocycles. The molecule has 1 heterocycles. The number of dihydropyridines is 1. The van der Waals surface area contributed by atoms with Crippen molar-refractivity contribution in [1.29, 1.82) is 0 Å². The second-order valence-corrected chi connectivity index (χ2v) is 9.70. The summed E-state index contributed by atoms with van der Waals surface area (Å²) in [6.07, 6.45) is 3.48. The molecule has 1 aromatic carbocycles. The summed E-state index contributed by atoms with van der Waals surface area (Å²) in [5, 5.41) is 14.3. The van der Waals surface area contributed by atoms with Gasteiger partial charge >= 0.3 is 11.9 Å². The van der Waals surface area contributed by atoms with Gasteiger partial charge in [0.2, 0.25) is 0 Å². The molecule has 0 bridgehead atoms. The minimum Gasteiger partial charge on any atom is -0.466 e. The van der Waals surface area contributed by atoms with Crippen LogP contribution in [-0.2, 0) is 33.4 Å². The lowest BCUT2D eigenvalue weighted by Gasteiger charge is -2.30. The van der Waals surface area contributed by atoms with E-state index in [2.05, 4.69) is 9.50 Å². The number of hydrogen-bond donors (Lipinski definition) is 1. The molecule has 192 valence electrons. The summed E-state index contributed by atoms with van der Waals surface area (Å²) >= 11 is 0. The SMILES string of the molecule is COC(=O)C1=C(C)NC(C)=C(C(=O)OCCCCCCOS(C)(=O)=O)C1c1cccc([N+](=O)[O-])c1. The van der Waals surface area contributed by atoms with Crippen molar-refractivity contribution in [3.05, 3.63) is 62.5 Å². The van der Waals surface area contributed by atoms with Crippen LogP contribution < -0.4 is 5.32 Å². The largest absolute Gasteiger partial charge is 0.466 e. The van der Waals surface area contributed by atoms with E-state index in [1.54, 1.807) is 19.9 Å². The van der Waals surface area contributed by atoms with Crippen LogP contribution in [-0.4, -0.2) is 51.9 Å². The van der Waals surface area contributed by atoms with E-state index in [4.69, 9.17) is 9.47 Å². The van der Waals surface area contributed by atoms with Crippen molar-refractivity contribution in [2.45, 2.75) is 45.4 Å². The molecule has 12 heteroatoms. The summed E-state index contributed by atoms with van der Waals surface area (Å²) in [6.45, 7) is 3.54. The van der Waals surface area contributed by atoms with Crippen molar-refractivity contribution >= 4 is 27.7 Å². The smallest absolute Gasteiger partial charge is 0.336 e. The lowest BCUT2D eigenvalue weighted by Crippen LogP contribution is -2.32. The molecular weight excluding hydrogens is 480 g/mol. The first kappa shape index (κ1) is 28.0. The van der Waals surface area contributed by atoms with E-state index in [0.29, 0.717) is 42.6 Å². The summed E-state index contributed by atoms with van der Waals surface area (Å²) in [5.41, 5.74) is 1.48. The maximum atomic E-state index is 13.1. The first-order valence-corrected chi connectivity index (χ1v) is 12.8. The van der Waals surface area contributed by atoms with Crippen LogP contribution in [0.5, 0.6) is 0 Å². The average molecular weight is 511 g/mol. The predicted molar refractivity (Wildman–Crippen MR) is 127 cm³/mol. The van der Waals surface area contributed by atoms with Crippen molar-refractivity contribution in [2.24, 2.45) is 0 Å². The third-order valence-corrected chi connectivity index (χ3v) is 5.96. The maximum Gasteiger partial charge on any atom is 0.336 e. The van der Waals surface area contributed by atoms with Crippen molar-refractivity contribution in [1.82, 2.24) is 5.32 Å². The van der Waals surface area contributed by atoms with Crippen molar-refractivity contribution in [3.63, 3.8) is 0 Å².